The molecule has 118 valence electrons. The van der Waals surface area contributed by atoms with Gasteiger partial charge < -0.3 is 14.4 Å². The van der Waals surface area contributed by atoms with Crippen LogP contribution in [0.2, 0.25) is 0 Å². The zero-order chi connectivity index (χ0) is 15.6. The molecule has 0 aromatic carbocycles. The number of hydrogen-bond donors (Lipinski definition) is 0. The van der Waals surface area contributed by atoms with Crippen LogP contribution in [0, 0.1) is 0 Å². The molecule has 22 heavy (non-hydrogen) atoms. The van der Waals surface area contributed by atoms with Gasteiger partial charge in [0.1, 0.15) is 5.69 Å². The standard InChI is InChI=1S/C15H19N3O4/c1-21-14(20)12-9-16-11(8-17-12)13(19)18-6-7-22-15(10-18)4-2-3-5-15/h8-9H,2-7,10H2,1H3. The summed E-state index contributed by atoms with van der Waals surface area (Å²) in [4.78, 5) is 33.6. The lowest BCUT2D eigenvalue weighted by atomic mass is 9.99. The van der Waals surface area contributed by atoms with E-state index in [4.69, 9.17) is 4.74 Å². The predicted molar refractivity (Wildman–Crippen MR) is 76.4 cm³/mol. The van der Waals surface area contributed by atoms with Crippen LogP contribution in [0.5, 0.6) is 0 Å². The SMILES string of the molecule is COC(=O)c1cnc(C(=O)N2CCOC3(CCCC3)C2)cn1. The Labute approximate surface area is 128 Å². The number of ether oxygens (including phenoxy) is 2. The molecule has 1 saturated carbocycles. The van der Waals surface area contributed by atoms with Crippen LogP contribution in [-0.2, 0) is 9.47 Å². The van der Waals surface area contributed by atoms with Crippen LogP contribution in [0.15, 0.2) is 12.4 Å². The number of rotatable bonds is 2. The van der Waals surface area contributed by atoms with Gasteiger partial charge in [0.2, 0.25) is 0 Å². The van der Waals surface area contributed by atoms with E-state index in [1.54, 1.807) is 4.90 Å². The van der Waals surface area contributed by atoms with E-state index in [2.05, 4.69) is 14.7 Å². The Hall–Kier alpha value is -2.02. The van der Waals surface area contributed by atoms with Crippen molar-refractivity contribution in [1.29, 1.82) is 0 Å². The molecule has 1 aromatic rings. The smallest absolute Gasteiger partial charge is 0.358 e. The van der Waals surface area contributed by atoms with Gasteiger partial charge in [-0.3, -0.25) is 4.79 Å². The lowest BCUT2D eigenvalue weighted by molar-refractivity contribution is -0.0949. The summed E-state index contributed by atoms with van der Waals surface area (Å²) in [5.41, 5.74) is 0.156. The second-order valence-electron chi connectivity index (χ2n) is 5.74. The lowest BCUT2D eigenvalue weighted by Crippen LogP contribution is -2.52. The maximum atomic E-state index is 12.5. The lowest BCUT2D eigenvalue weighted by Gasteiger charge is -2.40. The van der Waals surface area contributed by atoms with Crippen molar-refractivity contribution in [1.82, 2.24) is 14.9 Å². The van der Waals surface area contributed by atoms with Gasteiger partial charge in [0.05, 0.1) is 38.3 Å². The average molecular weight is 305 g/mol. The van der Waals surface area contributed by atoms with Crippen molar-refractivity contribution < 1.29 is 19.1 Å². The predicted octanol–water partition coefficient (Wildman–Crippen LogP) is 1.05. The van der Waals surface area contributed by atoms with Crippen LogP contribution in [0.1, 0.15) is 46.7 Å². The Morgan fingerprint density at radius 2 is 1.91 bits per heavy atom. The number of nitrogens with zero attached hydrogens (tertiary/aromatic N) is 3. The molecule has 2 heterocycles. The maximum absolute atomic E-state index is 12.5. The number of carbonyl (C=O) groups is 2. The van der Waals surface area contributed by atoms with Gasteiger partial charge in [-0.05, 0) is 12.8 Å². The highest BCUT2D eigenvalue weighted by Gasteiger charge is 2.40. The second kappa shape index (κ2) is 6.00. The summed E-state index contributed by atoms with van der Waals surface area (Å²) in [7, 11) is 1.28. The minimum Gasteiger partial charge on any atom is -0.464 e. The minimum absolute atomic E-state index is 0.0910. The third kappa shape index (κ3) is 2.81. The van der Waals surface area contributed by atoms with Crippen molar-refractivity contribution in [2.24, 2.45) is 0 Å². The van der Waals surface area contributed by atoms with Crippen LogP contribution in [0.3, 0.4) is 0 Å². The fraction of sp³-hybridized carbons (Fsp3) is 0.600. The Morgan fingerprint density at radius 3 is 2.55 bits per heavy atom. The minimum atomic E-state index is -0.567. The fourth-order valence-corrected chi connectivity index (χ4v) is 3.15. The van der Waals surface area contributed by atoms with Crippen molar-refractivity contribution in [3.63, 3.8) is 0 Å². The zero-order valence-electron chi connectivity index (χ0n) is 12.6. The number of methoxy groups -OCH3 is 1. The third-order valence-electron chi connectivity index (χ3n) is 4.32. The molecule has 0 radical (unpaired) electrons. The normalized spacial score (nSPS) is 20.1. The third-order valence-corrected chi connectivity index (χ3v) is 4.32. The molecule has 0 unspecified atom stereocenters. The molecule has 0 atom stereocenters. The summed E-state index contributed by atoms with van der Waals surface area (Å²) >= 11 is 0. The molecule has 7 nitrogen and oxygen atoms in total. The monoisotopic (exact) mass is 305 g/mol. The van der Waals surface area contributed by atoms with Gasteiger partial charge >= 0.3 is 5.97 Å². The van der Waals surface area contributed by atoms with Crippen LogP contribution in [-0.4, -0.2) is 59.2 Å². The van der Waals surface area contributed by atoms with E-state index in [1.165, 1.54) is 19.5 Å². The molecule has 1 saturated heterocycles. The molecule has 1 spiro atoms. The van der Waals surface area contributed by atoms with Crippen molar-refractivity contribution in [3.05, 3.63) is 23.8 Å². The van der Waals surface area contributed by atoms with Crippen LogP contribution >= 0.6 is 0 Å². The van der Waals surface area contributed by atoms with E-state index in [0.29, 0.717) is 19.7 Å². The summed E-state index contributed by atoms with van der Waals surface area (Å²) in [6.45, 7) is 1.71. The molecule has 3 rings (SSSR count). The number of aromatic nitrogens is 2. The Balaban J connectivity index is 1.71. The number of carbonyl (C=O) groups excluding carboxylic acids is 2. The Kier molecular flexibility index (Phi) is 4.06. The van der Waals surface area contributed by atoms with Gasteiger partial charge in [-0.25, -0.2) is 14.8 Å². The van der Waals surface area contributed by atoms with Crippen LogP contribution in [0.4, 0.5) is 0 Å². The topological polar surface area (TPSA) is 81.6 Å². The van der Waals surface area contributed by atoms with Crippen molar-refractivity contribution in [3.8, 4) is 0 Å². The largest absolute Gasteiger partial charge is 0.464 e. The molecule has 2 aliphatic rings. The van der Waals surface area contributed by atoms with Crippen molar-refractivity contribution in [2.75, 3.05) is 26.8 Å². The molecule has 1 aliphatic heterocycles. The highest BCUT2D eigenvalue weighted by molar-refractivity contribution is 5.93. The molecule has 0 N–H and O–H groups in total. The number of esters is 1. The maximum Gasteiger partial charge on any atom is 0.358 e. The summed E-state index contributed by atoms with van der Waals surface area (Å²) in [5, 5.41) is 0. The summed E-state index contributed by atoms with van der Waals surface area (Å²) in [5.74, 6) is -0.735. The van der Waals surface area contributed by atoms with Crippen molar-refractivity contribution in [2.45, 2.75) is 31.3 Å². The summed E-state index contributed by atoms with van der Waals surface area (Å²) in [6.07, 6.45) is 6.90. The Morgan fingerprint density at radius 1 is 1.23 bits per heavy atom. The van der Waals surface area contributed by atoms with Gasteiger partial charge in [0.15, 0.2) is 5.69 Å². The highest BCUT2D eigenvalue weighted by atomic mass is 16.5. The quantitative estimate of drug-likeness (QED) is 0.760. The van der Waals surface area contributed by atoms with Gasteiger partial charge in [-0.2, -0.15) is 0 Å². The first kappa shape index (κ1) is 14.9. The van der Waals surface area contributed by atoms with Gasteiger partial charge in [0, 0.05) is 6.54 Å². The van der Waals surface area contributed by atoms with Gasteiger partial charge in [0.25, 0.3) is 5.91 Å². The van der Waals surface area contributed by atoms with E-state index < -0.39 is 5.97 Å². The average Bonchev–Trinajstić information content (AvgIpc) is 3.01. The zero-order valence-corrected chi connectivity index (χ0v) is 12.6. The summed E-state index contributed by atoms with van der Waals surface area (Å²) in [6, 6.07) is 0. The Bertz CT molecular complexity index is 567. The molecular weight excluding hydrogens is 286 g/mol. The molecule has 1 aromatic heterocycles. The van der Waals surface area contributed by atoms with E-state index >= 15 is 0 Å². The molecule has 7 heteroatoms. The first-order chi connectivity index (χ1) is 10.6. The number of hydrogen-bond acceptors (Lipinski definition) is 6. The molecule has 1 amide bonds. The van der Waals surface area contributed by atoms with E-state index in [9.17, 15) is 9.59 Å². The van der Waals surface area contributed by atoms with Crippen LogP contribution in [0.25, 0.3) is 0 Å². The molecule has 2 fully saturated rings. The van der Waals surface area contributed by atoms with E-state index in [1.807, 2.05) is 0 Å². The molecule has 1 aliphatic carbocycles. The first-order valence-corrected chi connectivity index (χ1v) is 7.47. The number of morpholine rings is 1. The molecular formula is C15H19N3O4. The first-order valence-electron chi connectivity index (χ1n) is 7.47. The highest BCUT2D eigenvalue weighted by Crippen LogP contribution is 2.36. The van der Waals surface area contributed by atoms with Crippen LogP contribution < -0.4 is 0 Å². The van der Waals surface area contributed by atoms with E-state index in [0.717, 1.165) is 25.7 Å². The van der Waals surface area contributed by atoms with E-state index in [-0.39, 0.29) is 22.9 Å². The number of amides is 1. The molecule has 0 bridgehead atoms. The summed E-state index contributed by atoms with van der Waals surface area (Å²) < 4.78 is 10.5. The van der Waals surface area contributed by atoms with Crippen molar-refractivity contribution >= 4 is 11.9 Å². The van der Waals surface area contributed by atoms with Gasteiger partial charge in [-0.1, -0.05) is 12.8 Å². The fourth-order valence-electron chi connectivity index (χ4n) is 3.15. The second-order valence-corrected chi connectivity index (χ2v) is 5.74. The van der Waals surface area contributed by atoms with Gasteiger partial charge in [-0.15, -0.1) is 0 Å².